The Morgan fingerprint density at radius 1 is 0.415 bits per heavy atom. The zero-order valence-corrected chi connectivity index (χ0v) is 29.8. The molecule has 0 unspecified atom stereocenters. The van der Waals surface area contributed by atoms with Crippen LogP contribution in [0.2, 0.25) is 0 Å². The average molecular weight is 680 g/mol. The molecule has 0 radical (unpaired) electrons. The first-order valence-electron chi connectivity index (χ1n) is 18.4. The quantitative estimate of drug-likeness (QED) is 0.174. The number of benzene rings is 8. The van der Waals surface area contributed by atoms with Crippen LogP contribution in [0.3, 0.4) is 0 Å². The highest BCUT2D eigenvalue weighted by molar-refractivity contribution is 6.12. The fourth-order valence-corrected chi connectivity index (χ4v) is 8.55. The van der Waals surface area contributed by atoms with E-state index < -0.39 is 0 Å². The van der Waals surface area contributed by atoms with Crippen LogP contribution in [0.25, 0.3) is 66.4 Å². The van der Waals surface area contributed by atoms with Crippen LogP contribution >= 0.6 is 0 Å². The van der Waals surface area contributed by atoms with E-state index in [2.05, 4.69) is 195 Å². The Bertz CT molecular complexity index is 2790. The molecule has 2 nitrogen and oxygen atoms in total. The Morgan fingerprint density at radius 2 is 1.00 bits per heavy atom. The van der Waals surface area contributed by atoms with Gasteiger partial charge in [-0.05, 0) is 92.5 Å². The SMILES string of the molecule is CC1(C)c2ccc(N(c3ccc(-c4cccc5oc6ccccc6c45)cc3)c3ccccc3-c3ccccc3)cc2-c2c(-c3ccccc3)cccc21. The number of hydrogen-bond donors (Lipinski definition) is 0. The lowest BCUT2D eigenvalue weighted by atomic mass is 9.82. The van der Waals surface area contributed by atoms with E-state index in [4.69, 9.17) is 4.42 Å². The largest absolute Gasteiger partial charge is 0.456 e. The van der Waals surface area contributed by atoms with E-state index in [-0.39, 0.29) is 5.41 Å². The monoisotopic (exact) mass is 679 g/mol. The number of rotatable bonds is 6. The van der Waals surface area contributed by atoms with Crippen LogP contribution in [0.15, 0.2) is 192 Å². The summed E-state index contributed by atoms with van der Waals surface area (Å²) in [6.07, 6.45) is 0. The number of furan rings is 1. The summed E-state index contributed by atoms with van der Waals surface area (Å²) >= 11 is 0. The third-order valence-electron chi connectivity index (χ3n) is 11.1. The van der Waals surface area contributed by atoms with Crippen molar-refractivity contribution in [1.29, 1.82) is 0 Å². The Morgan fingerprint density at radius 3 is 1.79 bits per heavy atom. The van der Waals surface area contributed by atoms with Crippen LogP contribution in [-0.2, 0) is 5.41 Å². The Balaban J connectivity index is 1.17. The van der Waals surface area contributed by atoms with Gasteiger partial charge >= 0.3 is 0 Å². The molecule has 0 amide bonds. The average Bonchev–Trinajstić information content (AvgIpc) is 3.71. The van der Waals surface area contributed by atoms with Crippen LogP contribution in [0.1, 0.15) is 25.0 Å². The molecule has 0 spiro atoms. The molecule has 0 aliphatic heterocycles. The van der Waals surface area contributed by atoms with Crippen molar-refractivity contribution < 1.29 is 4.42 Å². The molecule has 1 aliphatic carbocycles. The maximum absolute atomic E-state index is 6.25. The van der Waals surface area contributed by atoms with Crippen LogP contribution in [0.4, 0.5) is 17.1 Å². The van der Waals surface area contributed by atoms with E-state index in [1.807, 2.05) is 12.1 Å². The third kappa shape index (κ3) is 5.02. The molecule has 1 heterocycles. The standard InChI is InChI=1S/C51H37NO/c1-51(2)44-32-31-38(33-43(44)49-40(21-13-23-45(49)51)35-17-7-4-8-18-35)52(46-24-11-9-19-39(46)34-15-5-3-6-16-34)37-29-27-36(28-30-37)41-22-14-26-48-50(41)42-20-10-12-25-47(42)53-48/h3-33H,1-2H3. The predicted molar refractivity (Wildman–Crippen MR) is 222 cm³/mol. The lowest BCUT2D eigenvalue weighted by molar-refractivity contribution is 0.660. The summed E-state index contributed by atoms with van der Waals surface area (Å²) in [5.41, 5.74) is 17.6. The first-order chi connectivity index (χ1) is 26.1. The molecule has 1 aromatic heterocycles. The Kier molecular flexibility index (Phi) is 7.19. The zero-order chi connectivity index (χ0) is 35.5. The third-order valence-corrected chi connectivity index (χ3v) is 11.1. The van der Waals surface area contributed by atoms with Gasteiger partial charge < -0.3 is 9.32 Å². The highest BCUT2D eigenvalue weighted by Crippen LogP contribution is 2.54. The minimum Gasteiger partial charge on any atom is -0.456 e. The molecule has 2 heteroatoms. The smallest absolute Gasteiger partial charge is 0.136 e. The van der Waals surface area contributed by atoms with Crippen molar-refractivity contribution in [3.63, 3.8) is 0 Å². The molecule has 0 saturated carbocycles. The van der Waals surface area contributed by atoms with Gasteiger partial charge in [0.2, 0.25) is 0 Å². The summed E-state index contributed by atoms with van der Waals surface area (Å²) < 4.78 is 6.25. The van der Waals surface area contributed by atoms with Crippen molar-refractivity contribution in [2.24, 2.45) is 0 Å². The predicted octanol–water partition coefficient (Wildman–Crippen LogP) is 14.4. The van der Waals surface area contributed by atoms with E-state index in [1.54, 1.807) is 0 Å². The summed E-state index contributed by atoms with van der Waals surface area (Å²) in [7, 11) is 0. The molecule has 10 rings (SSSR count). The molecular formula is C51H37NO. The van der Waals surface area contributed by atoms with Gasteiger partial charge in [0, 0.05) is 33.1 Å². The molecule has 0 N–H and O–H groups in total. The maximum Gasteiger partial charge on any atom is 0.136 e. The zero-order valence-electron chi connectivity index (χ0n) is 29.8. The van der Waals surface area contributed by atoms with E-state index in [9.17, 15) is 0 Å². The highest BCUT2D eigenvalue weighted by atomic mass is 16.3. The van der Waals surface area contributed by atoms with Crippen molar-refractivity contribution >= 4 is 39.0 Å². The minimum absolute atomic E-state index is 0.124. The second kappa shape index (κ2) is 12.3. The van der Waals surface area contributed by atoms with E-state index >= 15 is 0 Å². The molecule has 9 aromatic rings. The van der Waals surface area contributed by atoms with Crippen molar-refractivity contribution in [2.45, 2.75) is 19.3 Å². The van der Waals surface area contributed by atoms with Crippen molar-refractivity contribution in [3.05, 3.63) is 199 Å². The van der Waals surface area contributed by atoms with Crippen molar-refractivity contribution in [2.75, 3.05) is 4.90 Å². The second-order valence-corrected chi connectivity index (χ2v) is 14.5. The number of nitrogens with zero attached hydrogens (tertiary/aromatic N) is 1. The van der Waals surface area contributed by atoms with Gasteiger partial charge in [-0.15, -0.1) is 0 Å². The Hall–Kier alpha value is -6.64. The second-order valence-electron chi connectivity index (χ2n) is 14.5. The molecule has 252 valence electrons. The maximum atomic E-state index is 6.25. The molecule has 0 bridgehead atoms. The van der Waals surface area contributed by atoms with Crippen LogP contribution in [-0.4, -0.2) is 0 Å². The van der Waals surface area contributed by atoms with Gasteiger partial charge in [-0.25, -0.2) is 0 Å². The molecule has 53 heavy (non-hydrogen) atoms. The summed E-state index contributed by atoms with van der Waals surface area (Å²) in [6, 6.07) is 67.8. The molecule has 1 aliphatic rings. The number of fused-ring (bicyclic) bond motifs is 6. The lowest BCUT2D eigenvalue weighted by Gasteiger charge is -2.29. The number of para-hydroxylation sites is 2. The summed E-state index contributed by atoms with van der Waals surface area (Å²) in [6.45, 7) is 4.72. The normalized spacial score (nSPS) is 12.9. The molecular weight excluding hydrogens is 643 g/mol. The van der Waals surface area contributed by atoms with Crippen LogP contribution in [0, 0.1) is 0 Å². The minimum atomic E-state index is -0.124. The van der Waals surface area contributed by atoms with Gasteiger partial charge in [0.25, 0.3) is 0 Å². The molecule has 0 fully saturated rings. The van der Waals surface area contributed by atoms with Gasteiger partial charge in [0.05, 0.1) is 5.69 Å². The van der Waals surface area contributed by atoms with Crippen molar-refractivity contribution in [3.8, 4) is 44.5 Å². The van der Waals surface area contributed by atoms with E-state index in [1.165, 1.54) is 50.1 Å². The molecule has 0 saturated heterocycles. The molecule has 8 aromatic carbocycles. The first kappa shape index (κ1) is 31.1. The van der Waals surface area contributed by atoms with E-state index in [0.29, 0.717) is 0 Å². The van der Waals surface area contributed by atoms with Gasteiger partial charge in [0.1, 0.15) is 11.2 Å². The van der Waals surface area contributed by atoms with Gasteiger partial charge in [-0.2, -0.15) is 0 Å². The van der Waals surface area contributed by atoms with Crippen LogP contribution < -0.4 is 4.90 Å². The fraction of sp³-hybridized carbons (Fsp3) is 0.0588. The lowest BCUT2D eigenvalue weighted by Crippen LogP contribution is -2.15. The summed E-state index contributed by atoms with van der Waals surface area (Å²) in [5, 5.41) is 2.29. The summed E-state index contributed by atoms with van der Waals surface area (Å²) in [4.78, 5) is 2.43. The first-order valence-corrected chi connectivity index (χ1v) is 18.4. The fourth-order valence-electron chi connectivity index (χ4n) is 8.55. The van der Waals surface area contributed by atoms with Crippen molar-refractivity contribution in [1.82, 2.24) is 0 Å². The Labute approximate surface area is 310 Å². The number of hydrogen-bond acceptors (Lipinski definition) is 2. The number of anilines is 3. The molecule has 0 atom stereocenters. The topological polar surface area (TPSA) is 16.4 Å². The summed E-state index contributed by atoms with van der Waals surface area (Å²) in [5.74, 6) is 0. The van der Waals surface area contributed by atoms with Gasteiger partial charge in [-0.1, -0.05) is 159 Å². The van der Waals surface area contributed by atoms with Gasteiger partial charge in [-0.3, -0.25) is 0 Å². The van der Waals surface area contributed by atoms with E-state index in [0.717, 1.165) is 44.6 Å². The highest BCUT2D eigenvalue weighted by Gasteiger charge is 2.37. The van der Waals surface area contributed by atoms with Crippen LogP contribution in [0.5, 0.6) is 0 Å². The van der Waals surface area contributed by atoms with Gasteiger partial charge in [0.15, 0.2) is 0 Å².